The first-order chi connectivity index (χ1) is 10.2. The molecule has 1 aliphatic rings. The van der Waals surface area contributed by atoms with Crippen LogP contribution in [0.3, 0.4) is 0 Å². The molecule has 0 unspecified atom stereocenters. The Morgan fingerprint density at radius 2 is 2.24 bits per heavy atom. The van der Waals surface area contributed by atoms with Gasteiger partial charge in [-0.05, 0) is 44.3 Å². The first-order valence-corrected chi connectivity index (χ1v) is 7.87. The summed E-state index contributed by atoms with van der Waals surface area (Å²) in [6.45, 7) is 6.08. The number of nitrogens with two attached hydrogens (primary N) is 1. The van der Waals surface area contributed by atoms with Gasteiger partial charge in [-0.25, -0.2) is 4.98 Å². The summed E-state index contributed by atoms with van der Waals surface area (Å²) in [5.74, 6) is 1.29. The first-order valence-electron chi connectivity index (χ1n) is 7.87. The molecule has 1 fully saturated rings. The number of nitrogens with zero attached hydrogens (tertiary/aromatic N) is 2. The van der Waals surface area contributed by atoms with Crippen molar-refractivity contribution < 1.29 is 4.79 Å². The Kier molecular flexibility index (Phi) is 5.99. The average Bonchev–Trinajstić information content (AvgIpc) is 2.48. The minimum absolute atomic E-state index is 0.174. The summed E-state index contributed by atoms with van der Waals surface area (Å²) in [6, 6.07) is 4.13. The molecule has 0 spiro atoms. The van der Waals surface area contributed by atoms with Gasteiger partial charge < -0.3 is 11.1 Å². The molecule has 3 N–H and O–H groups in total. The highest BCUT2D eigenvalue weighted by atomic mass is 16.1. The summed E-state index contributed by atoms with van der Waals surface area (Å²) in [6.07, 6.45) is 5.57. The third-order valence-corrected chi connectivity index (χ3v) is 4.02. The van der Waals surface area contributed by atoms with E-state index in [1.807, 2.05) is 12.3 Å². The molecule has 21 heavy (non-hydrogen) atoms. The number of amides is 1. The largest absolute Gasteiger partial charge is 0.370 e. The summed E-state index contributed by atoms with van der Waals surface area (Å²) < 4.78 is 0. The van der Waals surface area contributed by atoms with Gasteiger partial charge in [0.25, 0.3) is 0 Å². The van der Waals surface area contributed by atoms with E-state index in [0.717, 1.165) is 51.3 Å². The zero-order chi connectivity index (χ0) is 15.1. The van der Waals surface area contributed by atoms with Crippen LogP contribution in [-0.4, -0.2) is 35.4 Å². The van der Waals surface area contributed by atoms with E-state index in [0.29, 0.717) is 12.3 Å². The number of carbonyl (C=O) groups excluding carboxylic acids is 1. The number of rotatable bonds is 7. The normalized spacial score (nSPS) is 16.8. The van der Waals surface area contributed by atoms with Crippen molar-refractivity contribution in [2.24, 2.45) is 11.7 Å². The Hall–Kier alpha value is -1.62. The fourth-order valence-corrected chi connectivity index (χ4v) is 2.84. The van der Waals surface area contributed by atoms with Crippen LogP contribution >= 0.6 is 0 Å². The van der Waals surface area contributed by atoms with Gasteiger partial charge in [-0.15, -0.1) is 0 Å². The van der Waals surface area contributed by atoms with Crippen molar-refractivity contribution in [3.05, 3.63) is 23.9 Å². The zero-order valence-electron chi connectivity index (χ0n) is 12.8. The Labute approximate surface area is 126 Å². The maximum Gasteiger partial charge on any atom is 0.217 e. The van der Waals surface area contributed by atoms with Gasteiger partial charge >= 0.3 is 0 Å². The van der Waals surface area contributed by atoms with E-state index in [9.17, 15) is 4.79 Å². The number of piperidine rings is 1. The van der Waals surface area contributed by atoms with Crippen LogP contribution in [0.5, 0.6) is 0 Å². The maximum absolute atomic E-state index is 11.0. The number of nitrogens with one attached hydrogen (secondary N) is 1. The Bertz CT molecular complexity index is 455. The van der Waals surface area contributed by atoms with Crippen LogP contribution in [0.15, 0.2) is 18.3 Å². The quantitative estimate of drug-likeness (QED) is 0.805. The molecular formula is C16H26N4O. The van der Waals surface area contributed by atoms with E-state index in [4.69, 9.17) is 5.73 Å². The lowest BCUT2D eigenvalue weighted by atomic mass is 9.93. The predicted molar refractivity (Wildman–Crippen MR) is 84.8 cm³/mol. The van der Waals surface area contributed by atoms with Gasteiger partial charge in [-0.1, -0.05) is 13.0 Å². The highest BCUT2D eigenvalue weighted by molar-refractivity contribution is 5.73. The molecular weight excluding hydrogens is 264 g/mol. The standard InChI is InChI=1S/C16H26N4O/c1-2-7-18-16-14(4-3-8-19-16)12-20-9-5-13(6-10-20)11-15(17)21/h3-4,8,13H,2,5-7,9-12H2,1H3,(H2,17,21)(H,18,19). The van der Waals surface area contributed by atoms with E-state index in [1.165, 1.54) is 5.56 Å². The van der Waals surface area contributed by atoms with Crippen LogP contribution in [0.4, 0.5) is 5.82 Å². The highest BCUT2D eigenvalue weighted by Gasteiger charge is 2.21. The van der Waals surface area contributed by atoms with Crippen LogP contribution in [0.1, 0.15) is 38.2 Å². The Morgan fingerprint density at radius 3 is 2.90 bits per heavy atom. The number of primary amides is 1. The molecule has 0 saturated carbocycles. The average molecular weight is 290 g/mol. The molecule has 0 radical (unpaired) electrons. The molecule has 0 bridgehead atoms. The fraction of sp³-hybridized carbons (Fsp3) is 0.625. The molecule has 1 aliphatic heterocycles. The van der Waals surface area contributed by atoms with Crippen molar-refractivity contribution in [2.75, 3.05) is 25.0 Å². The third kappa shape index (κ3) is 5.01. The number of hydrogen-bond acceptors (Lipinski definition) is 4. The van der Waals surface area contributed by atoms with Crippen molar-refractivity contribution in [3.63, 3.8) is 0 Å². The first kappa shape index (κ1) is 15.8. The Balaban J connectivity index is 1.87. The second kappa shape index (κ2) is 7.98. The van der Waals surface area contributed by atoms with Crippen LogP contribution in [0, 0.1) is 5.92 Å². The summed E-state index contributed by atoms with van der Waals surface area (Å²) in [5, 5.41) is 3.39. The lowest BCUT2D eigenvalue weighted by Crippen LogP contribution is -2.34. The van der Waals surface area contributed by atoms with Crippen molar-refractivity contribution in [1.29, 1.82) is 0 Å². The van der Waals surface area contributed by atoms with Crippen molar-refractivity contribution in [3.8, 4) is 0 Å². The number of anilines is 1. The monoisotopic (exact) mass is 290 g/mol. The van der Waals surface area contributed by atoms with Crippen LogP contribution in [-0.2, 0) is 11.3 Å². The summed E-state index contributed by atoms with van der Waals surface area (Å²) >= 11 is 0. The second-order valence-electron chi connectivity index (χ2n) is 5.83. The molecule has 0 atom stereocenters. The molecule has 1 saturated heterocycles. The van der Waals surface area contributed by atoms with Crippen molar-refractivity contribution in [1.82, 2.24) is 9.88 Å². The van der Waals surface area contributed by atoms with Gasteiger partial charge in [-0.3, -0.25) is 9.69 Å². The highest BCUT2D eigenvalue weighted by Crippen LogP contribution is 2.23. The SMILES string of the molecule is CCCNc1ncccc1CN1CCC(CC(N)=O)CC1. The molecule has 1 amide bonds. The fourth-order valence-electron chi connectivity index (χ4n) is 2.84. The van der Waals surface area contributed by atoms with Crippen LogP contribution in [0.25, 0.3) is 0 Å². The van der Waals surface area contributed by atoms with E-state index in [2.05, 4.69) is 28.2 Å². The summed E-state index contributed by atoms with van der Waals surface area (Å²) in [4.78, 5) is 17.9. The molecule has 0 aromatic carbocycles. The lowest BCUT2D eigenvalue weighted by molar-refractivity contribution is -0.119. The number of hydrogen-bond donors (Lipinski definition) is 2. The predicted octanol–water partition coefficient (Wildman–Crippen LogP) is 1.99. The molecule has 1 aromatic rings. The second-order valence-corrected chi connectivity index (χ2v) is 5.83. The van der Waals surface area contributed by atoms with E-state index >= 15 is 0 Å². The van der Waals surface area contributed by atoms with Gasteiger partial charge in [-0.2, -0.15) is 0 Å². The minimum Gasteiger partial charge on any atom is -0.370 e. The van der Waals surface area contributed by atoms with Gasteiger partial charge in [0, 0.05) is 31.3 Å². The van der Waals surface area contributed by atoms with Gasteiger partial charge in [0.2, 0.25) is 5.91 Å². The van der Waals surface area contributed by atoms with E-state index in [1.54, 1.807) is 0 Å². The molecule has 2 rings (SSSR count). The van der Waals surface area contributed by atoms with Gasteiger partial charge in [0.1, 0.15) is 5.82 Å². The van der Waals surface area contributed by atoms with Crippen molar-refractivity contribution >= 4 is 11.7 Å². The molecule has 0 aliphatic carbocycles. The smallest absolute Gasteiger partial charge is 0.217 e. The lowest BCUT2D eigenvalue weighted by Gasteiger charge is -2.31. The molecule has 116 valence electrons. The zero-order valence-corrected chi connectivity index (χ0v) is 12.8. The molecule has 2 heterocycles. The van der Waals surface area contributed by atoms with Gasteiger partial charge in [0.05, 0.1) is 0 Å². The van der Waals surface area contributed by atoms with Crippen molar-refractivity contribution in [2.45, 2.75) is 39.2 Å². The van der Waals surface area contributed by atoms with Crippen LogP contribution in [0.2, 0.25) is 0 Å². The van der Waals surface area contributed by atoms with E-state index < -0.39 is 0 Å². The minimum atomic E-state index is -0.174. The topological polar surface area (TPSA) is 71.2 Å². The number of aromatic nitrogens is 1. The summed E-state index contributed by atoms with van der Waals surface area (Å²) in [7, 11) is 0. The molecule has 5 nitrogen and oxygen atoms in total. The van der Waals surface area contributed by atoms with Gasteiger partial charge in [0.15, 0.2) is 0 Å². The molecule has 5 heteroatoms. The maximum atomic E-state index is 11.0. The Morgan fingerprint density at radius 1 is 1.48 bits per heavy atom. The number of likely N-dealkylation sites (tertiary alicyclic amines) is 1. The third-order valence-electron chi connectivity index (χ3n) is 4.02. The summed E-state index contributed by atoms with van der Waals surface area (Å²) in [5.41, 5.74) is 6.53. The molecule has 1 aromatic heterocycles. The van der Waals surface area contributed by atoms with E-state index in [-0.39, 0.29) is 5.91 Å². The number of carbonyl (C=O) groups is 1. The van der Waals surface area contributed by atoms with Crippen LogP contribution < -0.4 is 11.1 Å². The number of pyridine rings is 1.